The summed E-state index contributed by atoms with van der Waals surface area (Å²) in [5.74, 6) is 0. The highest BCUT2D eigenvalue weighted by molar-refractivity contribution is 9.10. The molecule has 0 aliphatic carbocycles. The molecule has 1 N–H and O–H groups in total. The van der Waals surface area contributed by atoms with E-state index in [1.54, 1.807) is 11.8 Å². The van der Waals surface area contributed by atoms with Crippen molar-refractivity contribution in [1.82, 2.24) is 5.32 Å². The van der Waals surface area contributed by atoms with Crippen molar-refractivity contribution in [3.05, 3.63) is 58.6 Å². The minimum atomic E-state index is 0.511. The lowest BCUT2D eigenvalue weighted by molar-refractivity contribution is 0.588. The van der Waals surface area contributed by atoms with Crippen LogP contribution in [0.2, 0.25) is 0 Å². The van der Waals surface area contributed by atoms with Gasteiger partial charge in [0.05, 0.1) is 0 Å². The Morgan fingerprint density at radius 2 is 1.84 bits per heavy atom. The molecule has 0 radical (unpaired) electrons. The molecule has 100 valence electrons. The molecule has 2 aromatic carbocycles. The summed E-state index contributed by atoms with van der Waals surface area (Å²) in [4.78, 5) is 2.51. The number of rotatable bonds is 5. The lowest BCUT2D eigenvalue weighted by atomic mass is 10.2. The molecule has 0 heterocycles. The van der Waals surface area contributed by atoms with Gasteiger partial charge in [0.2, 0.25) is 0 Å². The van der Waals surface area contributed by atoms with Crippen LogP contribution in [0.5, 0.6) is 0 Å². The Balaban J connectivity index is 2.07. The fraction of sp³-hybridized carbons (Fsp3) is 0.250. The van der Waals surface area contributed by atoms with E-state index in [4.69, 9.17) is 0 Å². The highest BCUT2D eigenvalue weighted by Crippen LogP contribution is 2.33. The minimum absolute atomic E-state index is 0.511. The highest BCUT2D eigenvalue weighted by Gasteiger charge is 2.04. The first-order valence-corrected chi connectivity index (χ1v) is 8.01. The number of hydrogen-bond acceptors (Lipinski definition) is 2. The molecule has 0 aliphatic rings. The van der Waals surface area contributed by atoms with Crippen LogP contribution in [-0.2, 0) is 6.54 Å². The van der Waals surface area contributed by atoms with E-state index >= 15 is 0 Å². The zero-order valence-corrected chi connectivity index (χ0v) is 13.6. The molecule has 0 unspecified atom stereocenters. The van der Waals surface area contributed by atoms with Crippen LogP contribution in [0.1, 0.15) is 19.4 Å². The number of benzene rings is 2. The van der Waals surface area contributed by atoms with Gasteiger partial charge in [0, 0.05) is 26.9 Å². The minimum Gasteiger partial charge on any atom is -0.310 e. The Bertz CT molecular complexity index is 526. The van der Waals surface area contributed by atoms with E-state index in [2.05, 4.69) is 77.6 Å². The molecule has 0 aliphatic heterocycles. The fourth-order valence-corrected chi connectivity index (χ4v) is 3.18. The van der Waals surface area contributed by atoms with E-state index < -0.39 is 0 Å². The molecule has 3 heteroatoms. The molecule has 2 rings (SSSR count). The van der Waals surface area contributed by atoms with Crippen molar-refractivity contribution in [2.45, 2.75) is 36.2 Å². The van der Waals surface area contributed by atoms with Gasteiger partial charge in [-0.1, -0.05) is 49.9 Å². The van der Waals surface area contributed by atoms with Gasteiger partial charge in [-0.05, 0) is 45.8 Å². The second-order valence-electron chi connectivity index (χ2n) is 4.72. The van der Waals surface area contributed by atoms with Gasteiger partial charge in [0.15, 0.2) is 0 Å². The molecule has 0 amide bonds. The van der Waals surface area contributed by atoms with Gasteiger partial charge >= 0.3 is 0 Å². The normalized spacial score (nSPS) is 10.9. The second-order valence-corrected chi connectivity index (χ2v) is 6.69. The average Bonchev–Trinajstić information content (AvgIpc) is 2.40. The molecule has 0 saturated heterocycles. The maximum Gasteiger partial charge on any atom is 0.0318 e. The lowest BCUT2D eigenvalue weighted by Crippen LogP contribution is -2.21. The first-order chi connectivity index (χ1) is 9.15. The molecule has 2 aromatic rings. The van der Waals surface area contributed by atoms with Crippen molar-refractivity contribution in [2.24, 2.45) is 0 Å². The first-order valence-electron chi connectivity index (χ1n) is 6.40. The summed E-state index contributed by atoms with van der Waals surface area (Å²) in [5, 5.41) is 3.43. The predicted octanol–water partition coefficient (Wildman–Crippen LogP) is 5.10. The zero-order valence-electron chi connectivity index (χ0n) is 11.2. The van der Waals surface area contributed by atoms with E-state index in [-0.39, 0.29) is 0 Å². The largest absolute Gasteiger partial charge is 0.310 e. The Kier molecular flexibility index (Phi) is 5.49. The van der Waals surface area contributed by atoms with E-state index in [0.29, 0.717) is 6.04 Å². The topological polar surface area (TPSA) is 12.0 Å². The standard InChI is InChI=1S/C16H18BrNS/c1-12(2)18-11-13-8-9-16(15(17)10-13)19-14-6-4-3-5-7-14/h3-10,12,18H,11H2,1-2H3. The first kappa shape index (κ1) is 14.6. The van der Waals surface area contributed by atoms with Gasteiger partial charge in [0.25, 0.3) is 0 Å². The van der Waals surface area contributed by atoms with E-state index in [1.807, 2.05) is 6.07 Å². The smallest absolute Gasteiger partial charge is 0.0318 e. The summed E-state index contributed by atoms with van der Waals surface area (Å²) in [6.07, 6.45) is 0. The zero-order chi connectivity index (χ0) is 13.7. The summed E-state index contributed by atoms with van der Waals surface area (Å²) in [7, 11) is 0. The molecule has 19 heavy (non-hydrogen) atoms. The Morgan fingerprint density at radius 3 is 2.47 bits per heavy atom. The Hall–Kier alpha value is -0.770. The summed E-state index contributed by atoms with van der Waals surface area (Å²) in [6, 6.07) is 17.5. The molecule has 0 atom stereocenters. The van der Waals surface area contributed by atoms with Crippen LogP contribution in [0.25, 0.3) is 0 Å². The maximum absolute atomic E-state index is 3.66. The molecule has 0 aromatic heterocycles. The highest BCUT2D eigenvalue weighted by atomic mass is 79.9. The fourth-order valence-electron chi connectivity index (χ4n) is 1.67. The third-order valence-electron chi connectivity index (χ3n) is 2.68. The molecule has 0 saturated carbocycles. The van der Waals surface area contributed by atoms with E-state index in [1.165, 1.54) is 15.4 Å². The van der Waals surface area contributed by atoms with Gasteiger partial charge in [-0.15, -0.1) is 0 Å². The molecular formula is C16H18BrNS. The number of nitrogens with one attached hydrogen (secondary N) is 1. The molecule has 0 fully saturated rings. The van der Waals surface area contributed by atoms with E-state index in [0.717, 1.165) is 11.0 Å². The molecule has 1 nitrogen and oxygen atoms in total. The molecule has 0 bridgehead atoms. The average molecular weight is 336 g/mol. The third-order valence-corrected chi connectivity index (χ3v) is 4.68. The van der Waals surface area contributed by atoms with Crippen molar-refractivity contribution >= 4 is 27.7 Å². The van der Waals surface area contributed by atoms with Crippen LogP contribution in [0.4, 0.5) is 0 Å². The SMILES string of the molecule is CC(C)NCc1ccc(Sc2ccccc2)c(Br)c1. The van der Waals surface area contributed by atoms with Gasteiger partial charge in [-0.3, -0.25) is 0 Å². The van der Waals surface area contributed by atoms with Crippen LogP contribution in [0, 0.1) is 0 Å². The van der Waals surface area contributed by atoms with Crippen molar-refractivity contribution < 1.29 is 0 Å². The summed E-state index contributed by atoms with van der Waals surface area (Å²) >= 11 is 5.44. The third kappa shape index (κ3) is 4.68. The number of halogens is 1. The van der Waals surface area contributed by atoms with Crippen molar-refractivity contribution in [3.8, 4) is 0 Å². The Morgan fingerprint density at radius 1 is 1.11 bits per heavy atom. The van der Waals surface area contributed by atoms with Gasteiger partial charge in [-0.25, -0.2) is 0 Å². The monoisotopic (exact) mass is 335 g/mol. The van der Waals surface area contributed by atoms with E-state index in [9.17, 15) is 0 Å². The van der Waals surface area contributed by atoms with Crippen LogP contribution < -0.4 is 5.32 Å². The second kappa shape index (κ2) is 7.13. The quantitative estimate of drug-likeness (QED) is 0.815. The number of hydrogen-bond donors (Lipinski definition) is 1. The summed E-state index contributed by atoms with van der Waals surface area (Å²) in [6.45, 7) is 5.23. The summed E-state index contributed by atoms with van der Waals surface area (Å²) < 4.78 is 1.16. The van der Waals surface area contributed by atoms with Gasteiger partial charge in [-0.2, -0.15) is 0 Å². The Labute approximate surface area is 127 Å². The maximum atomic E-state index is 3.66. The lowest BCUT2D eigenvalue weighted by Gasteiger charge is -2.10. The van der Waals surface area contributed by atoms with Crippen LogP contribution in [0.15, 0.2) is 62.8 Å². The van der Waals surface area contributed by atoms with Gasteiger partial charge in [0.1, 0.15) is 0 Å². The van der Waals surface area contributed by atoms with Crippen LogP contribution >= 0.6 is 27.7 Å². The molecular weight excluding hydrogens is 318 g/mol. The van der Waals surface area contributed by atoms with Crippen molar-refractivity contribution in [2.75, 3.05) is 0 Å². The predicted molar refractivity (Wildman–Crippen MR) is 86.7 cm³/mol. The van der Waals surface area contributed by atoms with Crippen molar-refractivity contribution in [1.29, 1.82) is 0 Å². The van der Waals surface area contributed by atoms with Crippen LogP contribution in [-0.4, -0.2) is 6.04 Å². The molecule has 0 spiro atoms. The van der Waals surface area contributed by atoms with Crippen LogP contribution in [0.3, 0.4) is 0 Å². The van der Waals surface area contributed by atoms with Crippen molar-refractivity contribution in [3.63, 3.8) is 0 Å². The summed E-state index contributed by atoms with van der Waals surface area (Å²) in [5.41, 5.74) is 1.30. The van der Waals surface area contributed by atoms with Gasteiger partial charge < -0.3 is 5.32 Å².